The molecule has 2 nitrogen and oxygen atoms in total. The second kappa shape index (κ2) is 6.91. The maximum atomic E-state index is 5.47. The summed E-state index contributed by atoms with van der Waals surface area (Å²) in [4.78, 5) is 0. The molecule has 3 heteroatoms. The van der Waals surface area contributed by atoms with Crippen LogP contribution in [0.5, 0.6) is 5.75 Å². The van der Waals surface area contributed by atoms with E-state index in [0.29, 0.717) is 0 Å². The van der Waals surface area contributed by atoms with E-state index in [1.807, 2.05) is 19.2 Å². The van der Waals surface area contributed by atoms with Gasteiger partial charge in [-0.2, -0.15) is 0 Å². The van der Waals surface area contributed by atoms with E-state index < -0.39 is 0 Å². The van der Waals surface area contributed by atoms with Crippen LogP contribution in [-0.2, 0) is 6.42 Å². The average Bonchev–Trinajstić information content (AvgIpc) is 2.46. The Hall–Kier alpha value is -1.32. The van der Waals surface area contributed by atoms with Crippen LogP contribution in [0.2, 0.25) is 0 Å². The largest absolute Gasteiger partial charge is 0.496 e. The number of ether oxygens (including phenoxy) is 1. The summed E-state index contributed by atoms with van der Waals surface area (Å²) in [7, 11) is 3.72. The summed E-state index contributed by atoms with van der Waals surface area (Å²) in [5, 5.41) is 3.39. The zero-order valence-electron chi connectivity index (χ0n) is 12.1. The van der Waals surface area contributed by atoms with Crippen molar-refractivity contribution in [3.63, 3.8) is 0 Å². The van der Waals surface area contributed by atoms with Gasteiger partial charge in [0.25, 0.3) is 0 Å². The van der Waals surface area contributed by atoms with E-state index in [4.69, 9.17) is 4.74 Å². The first-order chi connectivity index (χ1) is 9.65. The predicted octanol–water partition coefficient (Wildman–Crippen LogP) is 4.27. The fraction of sp³-hybridized carbons (Fsp3) is 0.294. The van der Waals surface area contributed by atoms with Gasteiger partial charge in [0.1, 0.15) is 5.75 Å². The molecule has 0 heterocycles. The molecule has 106 valence electrons. The molecule has 2 aromatic carbocycles. The third kappa shape index (κ3) is 3.41. The zero-order chi connectivity index (χ0) is 14.5. The van der Waals surface area contributed by atoms with E-state index in [0.717, 1.165) is 16.6 Å². The summed E-state index contributed by atoms with van der Waals surface area (Å²) >= 11 is 3.63. The molecule has 20 heavy (non-hydrogen) atoms. The molecule has 0 amide bonds. The van der Waals surface area contributed by atoms with Crippen molar-refractivity contribution < 1.29 is 4.74 Å². The minimum Gasteiger partial charge on any atom is -0.496 e. The van der Waals surface area contributed by atoms with Crippen LogP contribution in [0.1, 0.15) is 22.7 Å². The Morgan fingerprint density at radius 3 is 2.60 bits per heavy atom. The lowest BCUT2D eigenvalue weighted by Crippen LogP contribution is -2.19. The molecule has 0 aliphatic carbocycles. The fourth-order valence-corrected chi connectivity index (χ4v) is 2.97. The van der Waals surface area contributed by atoms with Gasteiger partial charge in [-0.15, -0.1) is 0 Å². The molecule has 0 radical (unpaired) electrons. The van der Waals surface area contributed by atoms with Crippen LogP contribution in [0.3, 0.4) is 0 Å². The Bertz CT molecular complexity index is 583. The first kappa shape index (κ1) is 15.1. The molecule has 2 aromatic rings. The number of hydrogen-bond acceptors (Lipinski definition) is 2. The van der Waals surface area contributed by atoms with Crippen molar-refractivity contribution in [2.45, 2.75) is 19.4 Å². The van der Waals surface area contributed by atoms with Crippen LogP contribution in [0, 0.1) is 6.92 Å². The quantitative estimate of drug-likeness (QED) is 0.882. The van der Waals surface area contributed by atoms with Crippen LogP contribution in [0.15, 0.2) is 46.9 Å². The van der Waals surface area contributed by atoms with E-state index in [1.165, 1.54) is 16.7 Å². The van der Waals surface area contributed by atoms with E-state index >= 15 is 0 Å². The number of aryl methyl sites for hydroxylation is 1. The monoisotopic (exact) mass is 333 g/mol. The molecular formula is C17H20BrNO. The molecule has 1 N–H and O–H groups in total. The van der Waals surface area contributed by atoms with Crippen molar-refractivity contribution in [2.75, 3.05) is 14.2 Å². The van der Waals surface area contributed by atoms with Crippen LogP contribution in [0.25, 0.3) is 0 Å². The molecule has 0 fully saturated rings. The summed E-state index contributed by atoms with van der Waals surface area (Å²) < 4.78 is 6.60. The van der Waals surface area contributed by atoms with E-state index in [1.54, 1.807) is 7.11 Å². The molecule has 2 rings (SSSR count). The van der Waals surface area contributed by atoms with Crippen LogP contribution in [0.4, 0.5) is 0 Å². The lowest BCUT2D eigenvalue weighted by atomic mass is 9.97. The van der Waals surface area contributed by atoms with Crippen molar-refractivity contribution >= 4 is 15.9 Å². The summed E-state index contributed by atoms with van der Waals surface area (Å²) in [6.07, 6.45) is 0.893. The maximum Gasteiger partial charge on any atom is 0.122 e. The van der Waals surface area contributed by atoms with Gasteiger partial charge in [-0.25, -0.2) is 0 Å². The Labute approximate surface area is 129 Å². The molecule has 0 saturated heterocycles. The van der Waals surface area contributed by atoms with E-state index in [2.05, 4.69) is 58.5 Å². The highest BCUT2D eigenvalue weighted by molar-refractivity contribution is 9.10. The van der Waals surface area contributed by atoms with Crippen LogP contribution >= 0.6 is 15.9 Å². The van der Waals surface area contributed by atoms with Gasteiger partial charge in [-0.1, -0.05) is 51.8 Å². The number of halogens is 1. The van der Waals surface area contributed by atoms with Crippen molar-refractivity contribution in [3.8, 4) is 5.75 Å². The fourth-order valence-electron chi connectivity index (χ4n) is 2.41. The zero-order valence-corrected chi connectivity index (χ0v) is 13.7. The van der Waals surface area contributed by atoms with Gasteiger partial charge in [-0.05, 0) is 43.7 Å². The minimum absolute atomic E-state index is 0.251. The topological polar surface area (TPSA) is 21.3 Å². The third-order valence-electron chi connectivity index (χ3n) is 3.49. The second-order valence-electron chi connectivity index (χ2n) is 4.88. The van der Waals surface area contributed by atoms with E-state index in [9.17, 15) is 0 Å². The summed E-state index contributed by atoms with van der Waals surface area (Å²) in [5.74, 6) is 0.947. The molecule has 0 bridgehead atoms. The van der Waals surface area contributed by atoms with Gasteiger partial charge in [0, 0.05) is 10.5 Å². The highest BCUT2D eigenvalue weighted by atomic mass is 79.9. The number of hydrogen-bond donors (Lipinski definition) is 1. The second-order valence-corrected chi connectivity index (χ2v) is 5.74. The third-order valence-corrected chi connectivity index (χ3v) is 4.21. The van der Waals surface area contributed by atoms with Crippen molar-refractivity contribution in [1.82, 2.24) is 5.32 Å². The molecule has 0 aromatic heterocycles. The van der Waals surface area contributed by atoms with Crippen molar-refractivity contribution in [3.05, 3.63) is 63.6 Å². The number of rotatable bonds is 5. The van der Waals surface area contributed by atoms with E-state index in [-0.39, 0.29) is 6.04 Å². The van der Waals surface area contributed by atoms with Gasteiger partial charge < -0.3 is 10.1 Å². The highest BCUT2D eigenvalue weighted by Crippen LogP contribution is 2.29. The standard InChI is InChI=1S/C17H20BrNO/c1-12-8-9-17(20-3)13(10-12)11-16(19-2)14-6-4-5-7-15(14)18/h4-10,16,19H,11H2,1-3H3. The Morgan fingerprint density at radius 2 is 1.95 bits per heavy atom. The van der Waals surface area contributed by atoms with Gasteiger partial charge in [0.2, 0.25) is 0 Å². The minimum atomic E-state index is 0.251. The molecule has 0 spiro atoms. The maximum absolute atomic E-state index is 5.47. The summed E-state index contributed by atoms with van der Waals surface area (Å²) in [6.45, 7) is 2.11. The average molecular weight is 334 g/mol. The molecule has 1 unspecified atom stereocenters. The first-order valence-corrected chi connectivity index (χ1v) is 7.50. The van der Waals surface area contributed by atoms with Gasteiger partial charge in [0.05, 0.1) is 7.11 Å². The molecule has 0 saturated carbocycles. The summed E-state index contributed by atoms with van der Waals surface area (Å²) in [5.41, 5.74) is 3.74. The molecule has 1 atom stereocenters. The Morgan fingerprint density at radius 1 is 1.20 bits per heavy atom. The highest BCUT2D eigenvalue weighted by Gasteiger charge is 2.15. The number of likely N-dealkylation sites (N-methyl/N-ethyl adjacent to an activating group) is 1. The Kier molecular flexibility index (Phi) is 5.21. The molecular weight excluding hydrogens is 314 g/mol. The normalized spacial score (nSPS) is 12.2. The molecule has 0 aliphatic rings. The van der Waals surface area contributed by atoms with Gasteiger partial charge in [-0.3, -0.25) is 0 Å². The number of methoxy groups -OCH3 is 1. The number of nitrogens with one attached hydrogen (secondary N) is 1. The number of benzene rings is 2. The van der Waals surface area contributed by atoms with Crippen LogP contribution in [-0.4, -0.2) is 14.2 Å². The van der Waals surface area contributed by atoms with Crippen molar-refractivity contribution in [1.29, 1.82) is 0 Å². The lowest BCUT2D eigenvalue weighted by Gasteiger charge is -2.20. The van der Waals surface area contributed by atoms with Crippen LogP contribution < -0.4 is 10.1 Å². The molecule has 0 aliphatic heterocycles. The Balaban J connectivity index is 2.31. The predicted molar refractivity (Wildman–Crippen MR) is 87.4 cm³/mol. The van der Waals surface area contributed by atoms with Crippen molar-refractivity contribution in [2.24, 2.45) is 0 Å². The first-order valence-electron chi connectivity index (χ1n) is 6.71. The van der Waals surface area contributed by atoms with Gasteiger partial charge in [0.15, 0.2) is 0 Å². The SMILES string of the molecule is CNC(Cc1cc(C)ccc1OC)c1ccccc1Br. The summed E-state index contributed by atoms with van der Waals surface area (Å²) in [6, 6.07) is 14.9. The smallest absolute Gasteiger partial charge is 0.122 e. The van der Waals surface area contributed by atoms with Gasteiger partial charge >= 0.3 is 0 Å². The lowest BCUT2D eigenvalue weighted by molar-refractivity contribution is 0.406.